The second kappa shape index (κ2) is 6.01. The highest BCUT2D eigenvalue weighted by Crippen LogP contribution is 2.40. The van der Waals surface area contributed by atoms with Gasteiger partial charge in [0.25, 0.3) is 0 Å². The van der Waals surface area contributed by atoms with Crippen molar-refractivity contribution in [1.82, 2.24) is 9.97 Å². The summed E-state index contributed by atoms with van der Waals surface area (Å²) in [6.07, 6.45) is 6.27. The SMILES string of the molecule is CC1(Oc2ccc3c(c2)C(c2cc(N4C5CCC4COC5)ncn2)=NC3)CC1. The topological polar surface area (TPSA) is 59.8 Å². The fraction of sp³-hybridized carbons (Fsp3) is 0.500. The van der Waals surface area contributed by atoms with E-state index in [2.05, 4.69) is 46.1 Å². The predicted octanol–water partition coefficient (Wildman–Crippen LogP) is 3.13. The first-order valence-corrected chi connectivity index (χ1v) is 10.2. The van der Waals surface area contributed by atoms with Crippen molar-refractivity contribution in [2.45, 2.75) is 56.8 Å². The Morgan fingerprint density at radius 2 is 1.93 bits per heavy atom. The number of hydrogen-bond donors (Lipinski definition) is 0. The molecule has 0 spiro atoms. The average Bonchev–Trinajstić information content (AvgIpc) is 3.18. The van der Waals surface area contributed by atoms with Gasteiger partial charge in [-0.3, -0.25) is 4.99 Å². The molecule has 2 aromatic rings. The molecule has 2 bridgehead atoms. The van der Waals surface area contributed by atoms with Crippen LogP contribution in [-0.2, 0) is 11.3 Å². The van der Waals surface area contributed by atoms with Gasteiger partial charge in [0.2, 0.25) is 0 Å². The monoisotopic (exact) mass is 376 g/mol. The maximum Gasteiger partial charge on any atom is 0.133 e. The quantitative estimate of drug-likeness (QED) is 0.821. The summed E-state index contributed by atoms with van der Waals surface area (Å²) in [4.78, 5) is 16.4. The number of anilines is 1. The van der Waals surface area contributed by atoms with E-state index in [1.807, 2.05) is 0 Å². The number of ether oxygens (including phenoxy) is 2. The van der Waals surface area contributed by atoms with Crippen molar-refractivity contribution in [2.75, 3.05) is 18.1 Å². The fourth-order valence-corrected chi connectivity index (χ4v) is 4.63. The summed E-state index contributed by atoms with van der Waals surface area (Å²) in [5, 5.41) is 0. The zero-order valence-corrected chi connectivity index (χ0v) is 16.1. The number of aliphatic imine (C=N–C) groups is 1. The molecule has 4 aliphatic rings. The summed E-state index contributed by atoms with van der Waals surface area (Å²) in [6.45, 7) is 4.45. The zero-order valence-electron chi connectivity index (χ0n) is 16.1. The molecule has 1 aliphatic carbocycles. The Morgan fingerprint density at radius 1 is 1.11 bits per heavy atom. The Hall–Kier alpha value is -2.47. The van der Waals surface area contributed by atoms with Crippen LogP contribution in [0.1, 0.15) is 49.4 Å². The molecule has 1 saturated carbocycles. The van der Waals surface area contributed by atoms with Gasteiger partial charge in [0, 0.05) is 11.6 Å². The van der Waals surface area contributed by atoms with Crippen LogP contribution in [0, 0.1) is 0 Å². The molecule has 0 N–H and O–H groups in total. The first-order valence-electron chi connectivity index (χ1n) is 10.2. The molecule has 0 amide bonds. The summed E-state index contributed by atoms with van der Waals surface area (Å²) in [5.41, 5.74) is 4.23. The van der Waals surface area contributed by atoms with Gasteiger partial charge in [0.05, 0.1) is 43.2 Å². The summed E-state index contributed by atoms with van der Waals surface area (Å²) in [6, 6.07) is 9.29. The van der Waals surface area contributed by atoms with Crippen LogP contribution >= 0.6 is 0 Å². The van der Waals surface area contributed by atoms with Crippen molar-refractivity contribution < 1.29 is 9.47 Å². The van der Waals surface area contributed by atoms with Crippen LogP contribution in [-0.4, -0.2) is 46.6 Å². The van der Waals surface area contributed by atoms with Crippen molar-refractivity contribution in [1.29, 1.82) is 0 Å². The molecule has 2 unspecified atom stereocenters. The Labute approximate surface area is 164 Å². The van der Waals surface area contributed by atoms with E-state index >= 15 is 0 Å². The number of aromatic nitrogens is 2. The van der Waals surface area contributed by atoms with Crippen molar-refractivity contribution >= 4 is 11.5 Å². The van der Waals surface area contributed by atoms with Crippen LogP contribution in [0.5, 0.6) is 5.75 Å². The van der Waals surface area contributed by atoms with Gasteiger partial charge in [-0.05, 0) is 50.3 Å². The normalized spacial score (nSPS) is 26.8. The van der Waals surface area contributed by atoms with Gasteiger partial charge >= 0.3 is 0 Å². The van der Waals surface area contributed by atoms with E-state index < -0.39 is 0 Å². The van der Waals surface area contributed by atoms with Crippen LogP contribution in [0.3, 0.4) is 0 Å². The maximum absolute atomic E-state index is 6.17. The lowest BCUT2D eigenvalue weighted by Crippen LogP contribution is -2.46. The summed E-state index contributed by atoms with van der Waals surface area (Å²) >= 11 is 0. The molecule has 3 fully saturated rings. The van der Waals surface area contributed by atoms with Gasteiger partial charge in [-0.15, -0.1) is 0 Å². The second-order valence-corrected chi connectivity index (χ2v) is 8.63. The third-order valence-corrected chi connectivity index (χ3v) is 6.46. The molecule has 2 atom stereocenters. The predicted molar refractivity (Wildman–Crippen MR) is 106 cm³/mol. The fourth-order valence-electron chi connectivity index (χ4n) is 4.63. The summed E-state index contributed by atoms with van der Waals surface area (Å²) in [5.74, 6) is 1.92. The molecule has 1 aromatic carbocycles. The summed E-state index contributed by atoms with van der Waals surface area (Å²) < 4.78 is 11.9. The van der Waals surface area contributed by atoms with E-state index in [1.54, 1.807) is 6.33 Å². The zero-order chi connectivity index (χ0) is 18.7. The highest BCUT2D eigenvalue weighted by Gasteiger charge is 2.40. The van der Waals surface area contributed by atoms with Crippen molar-refractivity contribution in [3.63, 3.8) is 0 Å². The third-order valence-electron chi connectivity index (χ3n) is 6.46. The Kier molecular flexibility index (Phi) is 3.54. The Bertz CT molecular complexity index is 953. The lowest BCUT2D eigenvalue weighted by Gasteiger charge is -2.35. The molecule has 2 saturated heterocycles. The number of benzene rings is 1. The smallest absolute Gasteiger partial charge is 0.133 e. The van der Waals surface area contributed by atoms with Gasteiger partial charge in [0.15, 0.2) is 0 Å². The molecule has 4 heterocycles. The van der Waals surface area contributed by atoms with Crippen LogP contribution in [0.4, 0.5) is 5.82 Å². The van der Waals surface area contributed by atoms with E-state index in [9.17, 15) is 0 Å². The number of hydrogen-bond acceptors (Lipinski definition) is 6. The Balaban J connectivity index is 1.32. The van der Waals surface area contributed by atoms with Crippen molar-refractivity contribution in [3.05, 3.63) is 47.4 Å². The molecule has 6 nitrogen and oxygen atoms in total. The van der Waals surface area contributed by atoms with E-state index in [0.717, 1.165) is 54.6 Å². The van der Waals surface area contributed by atoms with Crippen molar-refractivity contribution in [2.24, 2.45) is 4.99 Å². The van der Waals surface area contributed by atoms with Crippen LogP contribution in [0.25, 0.3) is 0 Å². The van der Waals surface area contributed by atoms with Crippen LogP contribution in [0.15, 0.2) is 35.6 Å². The molecular weight excluding hydrogens is 352 g/mol. The van der Waals surface area contributed by atoms with Gasteiger partial charge < -0.3 is 14.4 Å². The van der Waals surface area contributed by atoms with Gasteiger partial charge in [-0.25, -0.2) is 9.97 Å². The Morgan fingerprint density at radius 3 is 2.71 bits per heavy atom. The lowest BCUT2D eigenvalue weighted by atomic mass is 10.0. The first kappa shape index (κ1) is 16.5. The largest absolute Gasteiger partial charge is 0.488 e. The first-order chi connectivity index (χ1) is 13.7. The van der Waals surface area contributed by atoms with E-state index in [-0.39, 0.29) is 5.60 Å². The maximum atomic E-state index is 6.17. The molecule has 144 valence electrons. The third kappa shape index (κ3) is 2.70. The average molecular weight is 376 g/mol. The van der Waals surface area contributed by atoms with Crippen molar-refractivity contribution in [3.8, 4) is 5.75 Å². The minimum Gasteiger partial charge on any atom is -0.488 e. The molecule has 6 rings (SSSR count). The van der Waals surface area contributed by atoms with E-state index in [1.165, 1.54) is 18.4 Å². The van der Waals surface area contributed by atoms with Gasteiger partial charge in [-0.1, -0.05) is 6.07 Å². The molecule has 3 aliphatic heterocycles. The van der Waals surface area contributed by atoms with E-state index in [4.69, 9.17) is 14.5 Å². The number of rotatable bonds is 4. The second-order valence-electron chi connectivity index (χ2n) is 8.63. The summed E-state index contributed by atoms with van der Waals surface area (Å²) in [7, 11) is 0. The van der Waals surface area contributed by atoms with Crippen LogP contribution in [0.2, 0.25) is 0 Å². The number of morpholine rings is 1. The minimum atomic E-state index is 0.0157. The molecule has 0 radical (unpaired) electrons. The van der Waals surface area contributed by atoms with E-state index in [0.29, 0.717) is 18.6 Å². The minimum absolute atomic E-state index is 0.0157. The highest BCUT2D eigenvalue weighted by atomic mass is 16.5. The van der Waals surface area contributed by atoms with Gasteiger partial charge in [-0.2, -0.15) is 0 Å². The highest BCUT2D eigenvalue weighted by molar-refractivity contribution is 6.14. The molecule has 6 heteroatoms. The number of fused-ring (bicyclic) bond motifs is 3. The standard InChI is InChI=1S/C22H24N4O2/c1-22(6-7-22)28-17-5-2-14-10-23-21(18(14)8-17)19-9-20(25-13-24-19)26-15-3-4-16(26)12-27-11-15/h2,5,8-9,13,15-16H,3-4,6-7,10-12H2,1H3. The molecule has 28 heavy (non-hydrogen) atoms. The van der Waals surface area contributed by atoms with Crippen LogP contribution < -0.4 is 9.64 Å². The molecular formula is C22H24N4O2. The van der Waals surface area contributed by atoms with Gasteiger partial charge in [0.1, 0.15) is 23.5 Å². The number of nitrogens with zero attached hydrogens (tertiary/aromatic N) is 4. The molecule has 1 aromatic heterocycles. The lowest BCUT2D eigenvalue weighted by molar-refractivity contribution is 0.0902.